The van der Waals surface area contributed by atoms with Crippen molar-refractivity contribution in [2.24, 2.45) is 0 Å². The summed E-state index contributed by atoms with van der Waals surface area (Å²) in [4.78, 5) is 2.47. The topological polar surface area (TPSA) is 41.3 Å². The second kappa shape index (κ2) is 6.06. The molecule has 2 rings (SSSR count). The third-order valence-corrected chi connectivity index (χ3v) is 4.18. The van der Waals surface area contributed by atoms with Crippen molar-refractivity contribution < 1.29 is 0 Å². The number of nitrogens with zero attached hydrogens (tertiary/aromatic N) is 1. The number of nitrogen functional groups attached to an aromatic ring is 1. The lowest BCUT2D eigenvalue weighted by atomic mass is 10.0. The van der Waals surface area contributed by atoms with Gasteiger partial charge in [0.25, 0.3) is 0 Å². The van der Waals surface area contributed by atoms with Crippen molar-refractivity contribution in [1.82, 2.24) is 4.90 Å². The largest absolute Gasteiger partial charge is 0.397 e. The van der Waals surface area contributed by atoms with Crippen LogP contribution in [0.5, 0.6) is 0 Å². The molecule has 0 bridgehead atoms. The van der Waals surface area contributed by atoms with Gasteiger partial charge in [-0.3, -0.25) is 4.90 Å². The van der Waals surface area contributed by atoms with E-state index < -0.39 is 0 Å². The van der Waals surface area contributed by atoms with Crippen molar-refractivity contribution in [3.8, 4) is 0 Å². The second-order valence-corrected chi connectivity index (χ2v) is 6.28. The molecule has 0 aliphatic carbocycles. The van der Waals surface area contributed by atoms with Crippen molar-refractivity contribution in [2.45, 2.75) is 39.8 Å². The van der Waals surface area contributed by atoms with Crippen LogP contribution in [0.2, 0.25) is 5.02 Å². The molecule has 0 saturated heterocycles. The zero-order valence-corrected chi connectivity index (χ0v) is 13.5. The molecule has 1 heterocycles. The molecular formula is C16H24ClN3. The molecule has 1 aliphatic heterocycles. The fraction of sp³-hybridized carbons (Fsp3) is 0.500. The summed E-state index contributed by atoms with van der Waals surface area (Å²) in [5.41, 5.74) is 10.4. The molecule has 0 aromatic heterocycles. The van der Waals surface area contributed by atoms with Gasteiger partial charge in [-0.05, 0) is 45.4 Å². The maximum atomic E-state index is 6.17. The Morgan fingerprint density at radius 2 is 2.15 bits per heavy atom. The van der Waals surface area contributed by atoms with E-state index in [1.165, 1.54) is 11.1 Å². The average molecular weight is 294 g/mol. The lowest BCUT2D eigenvalue weighted by molar-refractivity contribution is 0.185. The van der Waals surface area contributed by atoms with Crippen LogP contribution in [0.3, 0.4) is 0 Å². The monoisotopic (exact) mass is 293 g/mol. The van der Waals surface area contributed by atoms with E-state index in [0.29, 0.717) is 11.1 Å². The quantitative estimate of drug-likeness (QED) is 0.638. The van der Waals surface area contributed by atoms with E-state index in [-0.39, 0.29) is 6.04 Å². The molecule has 0 unspecified atom stereocenters. The van der Waals surface area contributed by atoms with Gasteiger partial charge >= 0.3 is 0 Å². The number of halogens is 1. The lowest BCUT2D eigenvalue weighted by Crippen LogP contribution is -2.37. The normalized spacial score (nSPS) is 22.6. The number of anilines is 2. The molecule has 1 aromatic carbocycles. The minimum Gasteiger partial charge on any atom is -0.397 e. The minimum atomic E-state index is 0.284. The summed E-state index contributed by atoms with van der Waals surface area (Å²) >= 11 is 6.17. The van der Waals surface area contributed by atoms with Gasteiger partial charge in [-0.2, -0.15) is 0 Å². The molecule has 0 fully saturated rings. The van der Waals surface area contributed by atoms with E-state index in [2.05, 4.69) is 44.0 Å². The van der Waals surface area contributed by atoms with Gasteiger partial charge in [0.15, 0.2) is 0 Å². The fourth-order valence-corrected chi connectivity index (χ4v) is 2.97. The summed E-state index contributed by atoms with van der Waals surface area (Å²) in [5.74, 6) is 0. The number of rotatable bonds is 2. The molecule has 2 atom stereocenters. The predicted octanol–water partition coefficient (Wildman–Crippen LogP) is 4.07. The van der Waals surface area contributed by atoms with Gasteiger partial charge in [0.05, 0.1) is 11.4 Å². The first kappa shape index (κ1) is 15.2. The SMILES string of the molecule is CC(C)=CCN1[C@H](C)CNc2c(N)cc(Cl)cc2[C@H]1C. The van der Waals surface area contributed by atoms with Crippen molar-refractivity contribution in [2.75, 3.05) is 24.1 Å². The number of nitrogens with one attached hydrogen (secondary N) is 1. The Kier molecular flexibility index (Phi) is 4.61. The van der Waals surface area contributed by atoms with Gasteiger partial charge in [0.2, 0.25) is 0 Å². The molecule has 0 saturated carbocycles. The van der Waals surface area contributed by atoms with Crippen LogP contribution in [0.1, 0.15) is 39.3 Å². The molecule has 1 aliphatic rings. The van der Waals surface area contributed by atoms with Crippen molar-refractivity contribution in [3.63, 3.8) is 0 Å². The first-order chi connectivity index (χ1) is 9.40. The third kappa shape index (κ3) is 3.10. The van der Waals surface area contributed by atoms with Gasteiger partial charge in [-0.1, -0.05) is 23.3 Å². The summed E-state index contributed by atoms with van der Waals surface area (Å²) in [5, 5.41) is 4.17. The van der Waals surface area contributed by atoms with Crippen LogP contribution in [0.15, 0.2) is 23.8 Å². The molecule has 3 N–H and O–H groups in total. The maximum absolute atomic E-state index is 6.17. The Morgan fingerprint density at radius 1 is 1.45 bits per heavy atom. The summed E-state index contributed by atoms with van der Waals surface area (Å²) < 4.78 is 0. The van der Waals surface area contributed by atoms with Crippen LogP contribution in [-0.4, -0.2) is 24.0 Å². The second-order valence-electron chi connectivity index (χ2n) is 5.84. The summed E-state index contributed by atoms with van der Waals surface area (Å²) in [6.07, 6.45) is 2.27. The Balaban J connectivity index is 2.39. The first-order valence-corrected chi connectivity index (χ1v) is 7.50. The highest BCUT2D eigenvalue weighted by Crippen LogP contribution is 2.37. The van der Waals surface area contributed by atoms with E-state index in [4.69, 9.17) is 17.3 Å². The highest BCUT2D eigenvalue weighted by molar-refractivity contribution is 6.31. The number of fused-ring (bicyclic) bond motifs is 1. The van der Waals surface area contributed by atoms with Crippen molar-refractivity contribution in [1.29, 1.82) is 0 Å². The van der Waals surface area contributed by atoms with Crippen molar-refractivity contribution in [3.05, 3.63) is 34.4 Å². The van der Waals surface area contributed by atoms with E-state index in [0.717, 1.165) is 24.5 Å². The number of hydrogen-bond acceptors (Lipinski definition) is 3. The molecule has 4 heteroatoms. The Labute approximate surface area is 126 Å². The van der Waals surface area contributed by atoms with E-state index >= 15 is 0 Å². The van der Waals surface area contributed by atoms with Gasteiger partial charge in [0, 0.05) is 30.2 Å². The van der Waals surface area contributed by atoms with Gasteiger partial charge in [0.1, 0.15) is 0 Å². The van der Waals surface area contributed by atoms with Crippen LogP contribution in [-0.2, 0) is 0 Å². The van der Waals surface area contributed by atoms with Crippen LogP contribution >= 0.6 is 11.6 Å². The number of nitrogens with two attached hydrogens (primary N) is 1. The van der Waals surface area contributed by atoms with Crippen LogP contribution < -0.4 is 11.1 Å². The number of benzene rings is 1. The van der Waals surface area contributed by atoms with Crippen LogP contribution in [0.4, 0.5) is 11.4 Å². The molecule has 1 aromatic rings. The summed E-state index contributed by atoms with van der Waals surface area (Å²) in [7, 11) is 0. The fourth-order valence-electron chi connectivity index (χ4n) is 2.74. The highest BCUT2D eigenvalue weighted by atomic mass is 35.5. The number of allylic oxidation sites excluding steroid dienone is 1. The Morgan fingerprint density at radius 3 is 2.80 bits per heavy atom. The van der Waals surface area contributed by atoms with Crippen LogP contribution in [0, 0.1) is 0 Å². The van der Waals surface area contributed by atoms with Gasteiger partial charge in [-0.15, -0.1) is 0 Å². The van der Waals surface area contributed by atoms with E-state index in [1.54, 1.807) is 0 Å². The maximum Gasteiger partial charge on any atom is 0.0623 e. The molecule has 0 radical (unpaired) electrons. The molecule has 110 valence electrons. The summed E-state index contributed by atoms with van der Waals surface area (Å²) in [6.45, 7) is 10.6. The van der Waals surface area contributed by atoms with Crippen LogP contribution in [0.25, 0.3) is 0 Å². The molecule has 0 amide bonds. The first-order valence-electron chi connectivity index (χ1n) is 7.12. The zero-order valence-electron chi connectivity index (χ0n) is 12.7. The lowest BCUT2D eigenvalue weighted by Gasteiger charge is -2.31. The summed E-state index contributed by atoms with van der Waals surface area (Å²) in [6, 6.07) is 4.56. The Bertz CT molecular complexity index is 521. The molecule has 3 nitrogen and oxygen atoms in total. The third-order valence-electron chi connectivity index (χ3n) is 3.96. The molecule has 0 spiro atoms. The van der Waals surface area contributed by atoms with Gasteiger partial charge < -0.3 is 11.1 Å². The smallest absolute Gasteiger partial charge is 0.0623 e. The number of hydrogen-bond donors (Lipinski definition) is 2. The predicted molar refractivity (Wildman–Crippen MR) is 88.4 cm³/mol. The van der Waals surface area contributed by atoms with Gasteiger partial charge in [-0.25, -0.2) is 0 Å². The standard InChI is InChI=1S/C16H24ClN3/c1-10(2)5-6-20-11(3)9-19-16-14(12(20)4)7-13(17)8-15(16)18/h5,7-8,11-12,19H,6,9,18H2,1-4H3/t11-,12-/m1/s1. The van der Waals surface area contributed by atoms with E-state index in [9.17, 15) is 0 Å². The minimum absolute atomic E-state index is 0.284. The highest BCUT2D eigenvalue weighted by Gasteiger charge is 2.27. The molecular weight excluding hydrogens is 270 g/mol. The van der Waals surface area contributed by atoms with E-state index in [1.807, 2.05) is 12.1 Å². The Hall–Kier alpha value is -1.19. The molecule has 20 heavy (non-hydrogen) atoms. The van der Waals surface area contributed by atoms with Crippen molar-refractivity contribution >= 4 is 23.0 Å². The average Bonchev–Trinajstić information content (AvgIpc) is 2.46. The zero-order chi connectivity index (χ0) is 14.9.